The molecule has 2 aromatic carbocycles. The van der Waals surface area contributed by atoms with Crippen LogP contribution < -0.4 is 18.9 Å². The molecule has 2 aromatic heterocycles. The van der Waals surface area contributed by atoms with Crippen molar-refractivity contribution in [2.45, 2.75) is 4.90 Å². The molecule has 0 fully saturated rings. The summed E-state index contributed by atoms with van der Waals surface area (Å²) in [5.74, 6) is -0.273. The molecule has 0 atom stereocenters. The van der Waals surface area contributed by atoms with Crippen LogP contribution in [0.4, 0.5) is 8.78 Å². The van der Waals surface area contributed by atoms with E-state index in [0.29, 0.717) is 34.6 Å². The van der Waals surface area contributed by atoms with Crippen LogP contribution in [0.5, 0.6) is 17.4 Å². The number of hydrogen-bond acceptors (Lipinski definition) is 8. The first-order valence-electron chi connectivity index (χ1n) is 9.85. The van der Waals surface area contributed by atoms with Crippen LogP contribution in [0, 0.1) is 11.6 Å². The quantitative estimate of drug-likeness (QED) is 0.355. The summed E-state index contributed by atoms with van der Waals surface area (Å²) in [5.41, 5.74) is 1.12. The predicted octanol–water partition coefficient (Wildman–Crippen LogP) is 2.44. The lowest BCUT2D eigenvalue weighted by atomic mass is 10.2. The second-order valence-electron chi connectivity index (χ2n) is 6.86. The molecule has 0 aliphatic heterocycles. The van der Waals surface area contributed by atoms with Gasteiger partial charge in [-0.15, -0.1) is 15.3 Å². The fourth-order valence-corrected chi connectivity index (χ4v) is 4.20. The molecule has 0 aliphatic rings. The molecule has 0 aliphatic carbocycles. The first-order valence-corrected chi connectivity index (χ1v) is 11.3. The van der Waals surface area contributed by atoms with Crippen LogP contribution in [-0.4, -0.2) is 55.6 Å². The minimum atomic E-state index is -4.26. The molecular weight excluding hydrogens is 472 g/mol. The summed E-state index contributed by atoms with van der Waals surface area (Å²) in [6, 6.07) is 10.6. The summed E-state index contributed by atoms with van der Waals surface area (Å²) < 4.78 is 71.2. The normalized spacial score (nSPS) is 11.5. The molecular formula is C21H19F2N5O5S. The number of halogens is 2. The van der Waals surface area contributed by atoms with Crippen molar-refractivity contribution in [3.8, 4) is 28.8 Å². The molecule has 0 bridgehead atoms. The Morgan fingerprint density at radius 3 is 2.53 bits per heavy atom. The SMILES string of the molecule is COc1ccc(-c2nnc3ccc(OCCNS(=O)(=O)c4cc(F)ccc4F)nn23)cc1OC. The Bertz CT molecular complexity index is 1450. The van der Waals surface area contributed by atoms with Crippen LogP contribution in [0.15, 0.2) is 53.4 Å². The van der Waals surface area contributed by atoms with E-state index in [1.807, 2.05) is 0 Å². The highest BCUT2D eigenvalue weighted by atomic mass is 32.2. The number of nitrogens with zero attached hydrogens (tertiary/aromatic N) is 4. The smallest absolute Gasteiger partial charge is 0.243 e. The van der Waals surface area contributed by atoms with Crippen LogP contribution in [0.3, 0.4) is 0 Å². The van der Waals surface area contributed by atoms with Gasteiger partial charge >= 0.3 is 0 Å². The third-order valence-electron chi connectivity index (χ3n) is 4.71. The monoisotopic (exact) mass is 491 g/mol. The van der Waals surface area contributed by atoms with Crippen LogP contribution >= 0.6 is 0 Å². The maximum absolute atomic E-state index is 13.8. The maximum Gasteiger partial charge on any atom is 0.243 e. The number of aromatic nitrogens is 4. The van der Waals surface area contributed by atoms with E-state index < -0.39 is 26.6 Å². The van der Waals surface area contributed by atoms with E-state index in [1.54, 1.807) is 30.3 Å². The summed E-state index contributed by atoms with van der Waals surface area (Å²) in [6.07, 6.45) is 0. The summed E-state index contributed by atoms with van der Waals surface area (Å²) in [7, 11) is -1.21. The van der Waals surface area contributed by atoms with E-state index in [0.717, 1.165) is 12.1 Å². The molecule has 0 unspecified atom stereocenters. The van der Waals surface area contributed by atoms with Gasteiger partial charge in [0.15, 0.2) is 23.0 Å². The minimum Gasteiger partial charge on any atom is -0.493 e. The van der Waals surface area contributed by atoms with Crippen molar-refractivity contribution >= 4 is 15.7 Å². The molecule has 0 radical (unpaired) electrons. The van der Waals surface area contributed by atoms with Gasteiger partial charge in [0.2, 0.25) is 15.9 Å². The molecule has 4 aromatic rings. The lowest BCUT2D eigenvalue weighted by Gasteiger charge is -2.10. The van der Waals surface area contributed by atoms with Crippen LogP contribution in [0.1, 0.15) is 0 Å². The van der Waals surface area contributed by atoms with Gasteiger partial charge in [-0.3, -0.25) is 0 Å². The Labute approximate surface area is 193 Å². The van der Waals surface area contributed by atoms with Crippen molar-refractivity contribution in [2.24, 2.45) is 0 Å². The van der Waals surface area contributed by atoms with Crippen molar-refractivity contribution in [1.82, 2.24) is 24.5 Å². The van der Waals surface area contributed by atoms with Gasteiger partial charge in [0.05, 0.1) is 14.2 Å². The Balaban J connectivity index is 1.47. The highest BCUT2D eigenvalue weighted by Crippen LogP contribution is 2.31. The van der Waals surface area contributed by atoms with E-state index in [4.69, 9.17) is 14.2 Å². The van der Waals surface area contributed by atoms with E-state index in [-0.39, 0.29) is 19.0 Å². The van der Waals surface area contributed by atoms with Gasteiger partial charge < -0.3 is 14.2 Å². The lowest BCUT2D eigenvalue weighted by molar-refractivity contribution is 0.306. The van der Waals surface area contributed by atoms with Crippen molar-refractivity contribution < 1.29 is 31.4 Å². The van der Waals surface area contributed by atoms with Gasteiger partial charge in [-0.05, 0) is 42.5 Å². The van der Waals surface area contributed by atoms with Crippen molar-refractivity contribution in [1.29, 1.82) is 0 Å². The van der Waals surface area contributed by atoms with Crippen LogP contribution in [0.25, 0.3) is 17.0 Å². The van der Waals surface area contributed by atoms with Crippen LogP contribution in [-0.2, 0) is 10.0 Å². The average molecular weight is 491 g/mol. The minimum absolute atomic E-state index is 0.123. The first-order chi connectivity index (χ1) is 16.3. The molecule has 4 rings (SSSR count). The zero-order valence-electron chi connectivity index (χ0n) is 18.0. The van der Waals surface area contributed by atoms with Crippen molar-refractivity contribution in [3.05, 3.63) is 60.2 Å². The molecule has 0 saturated heterocycles. The lowest BCUT2D eigenvalue weighted by Crippen LogP contribution is -2.29. The molecule has 2 heterocycles. The summed E-state index contributed by atoms with van der Waals surface area (Å²) >= 11 is 0. The summed E-state index contributed by atoms with van der Waals surface area (Å²) in [5, 5.41) is 12.6. The van der Waals surface area contributed by atoms with Gasteiger partial charge in [0.25, 0.3) is 0 Å². The molecule has 0 amide bonds. The summed E-state index contributed by atoms with van der Waals surface area (Å²) in [4.78, 5) is -0.781. The Morgan fingerprint density at radius 1 is 0.971 bits per heavy atom. The Kier molecular flexibility index (Phi) is 6.56. The van der Waals surface area contributed by atoms with E-state index in [2.05, 4.69) is 20.0 Å². The number of rotatable bonds is 9. The van der Waals surface area contributed by atoms with Gasteiger partial charge in [-0.1, -0.05) is 0 Å². The molecule has 178 valence electrons. The maximum atomic E-state index is 13.8. The number of nitrogens with one attached hydrogen (secondary N) is 1. The fourth-order valence-electron chi connectivity index (χ4n) is 3.10. The number of hydrogen-bond donors (Lipinski definition) is 1. The zero-order chi connectivity index (χ0) is 24.3. The van der Waals surface area contributed by atoms with Gasteiger partial charge in [-0.2, -0.15) is 4.52 Å². The average Bonchev–Trinajstić information content (AvgIpc) is 3.26. The largest absolute Gasteiger partial charge is 0.493 e. The standard InChI is InChI=1S/C21H19F2N5O5S/c1-31-16-6-3-13(11-17(16)32-2)21-26-25-19-7-8-20(27-28(19)21)33-10-9-24-34(29,30)18-12-14(22)4-5-15(18)23/h3-8,11-12,24H,9-10H2,1-2H3. The number of benzene rings is 2. The van der Waals surface area contributed by atoms with Gasteiger partial charge in [-0.25, -0.2) is 21.9 Å². The number of fused-ring (bicyclic) bond motifs is 1. The van der Waals surface area contributed by atoms with Crippen molar-refractivity contribution in [2.75, 3.05) is 27.4 Å². The van der Waals surface area contributed by atoms with Crippen LogP contribution in [0.2, 0.25) is 0 Å². The number of sulfonamides is 1. The third kappa shape index (κ3) is 4.75. The molecule has 34 heavy (non-hydrogen) atoms. The topological polar surface area (TPSA) is 117 Å². The number of ether oxygens (including phenoxy) is 3. The van der Waals surface area contributed by atoms with Crippen molar-refractivity contribution in [3.63, 3.8) is 0 Å². The molecule has 10 nitrogen and oxygen atoms in total. The summed E-state index contributed by atoms with van der Waals surface area (Å²) in [6.45, 7) is -0.328. The zero-order valence-corrected chi connectivity index (χ0v) is 18.8. The second-order valence-corrected chi connectivity index (χ2v) is 8.59. The third-order valence-corrected chi connectivity index (χ3v) is 6.18. The first kappa shape index (κ1) is 23.3. The molecule has 0 saturated carbocycles. The highest BCUT2D eigenvalue weighted by molar-refractivity contribution is 7.89. The Morgan fingerprint density at radius 2 is 1.76 bits per heavy atom. The number of methoxy groups -OCH3 is 2. The highest BCUT2D eigenvalue weighted by Gasteiger charge is 2.19. The van der Waals surface area contributed by atoms with E-state index in [9.17, 15) is 17.2 Å². The fraction of sp³-hybridized carbons (Fsp3) is 0.190. The second kappa shape index (κ2) is 9.57. The molecule has 1 N–H and O–H groups in total. The molecule has 13 heteroatoms. The predicted molar refractivity (Wildman–Crippen MR) is 116 cm³/mol. The van der Waals surface area contributed by atoms with Gasteiger partial charge in [0.1, 0.15) is 23.1 Å². The van der Waals surface area contributed by atoms with Gasteiger partial charge in [0, 0.05) is 18.2 Å². The van der Waals surface area contributed by atoms with E-state index in [1.165, 1.54) is 18.7 Å². The van der Waals surface area contributed by atoms with E-state index >= 15 is 0 Å². The Hall–Kier alpha value is -3.84. The molecule has 0 spiro atoms.